The first kappa shape index (κ1) is 17.1. The molecule has 0 saturated heterocycles. The molecule has 3 rings (SSSR count). The van der Waals surface area contributed by atoms with Gasteiger partial charge in [-0.1, -0.05) is 29.3 Å². The van der Waals surface area contributed by atoms with E-state index >= 15 is 0 Å². The average Bonchev–Trinajstić information content (AvgIpc) is 2.54. The second-order valence-corrected chi connectivity index (χ2v) is 5.91. The highest BCUT2D eigenvalue weighted by Gasteiger charge is 2.10. The Labute approximate surface area is 152 Å². The van der Waals surface area contributed by atoms with Gasteiger partial charge >= 0.3 is 0 Å². The van der Waals surface area contributed by atoms with Crippen LogP contribution in [0, 0.1) is 5.82 Å². The van der Waals surface area contributed by atoms with Crippen molar-refractivity contribution in [3.63, 3.8) is 0 Å². The number of amides is 1. The molecule has 0 aliphatic rings. The molecule has 2 N–H and O–H groups in total. The molecule has 1 aromatic heterocycles. The lowest BCUT2D eigenvalue weighted by Gasteiger charge is -2.08. The summed E-state index contributed by atoms with van der Waals surface area (Å²) in [5.74, 6) is -0.479. The van der Waals surface area contributed by atoms with Crippen LogP contribution in [0.15, 0.2) is 54.9 Å². The fourth-order valence-corrected chi connectivity index (χ4v) is 2.61. The van der Waals surface area contributed by atoms with Crippen LogP contribution >= 0.6 is 23.2 Å². The number of hydrogen-bond acceptors (Lipinski definition) is 4. The minimum absolute atomic E-state index is 0.130. The summed E-state index contributed by atoms with van der Waals surface area (Å²) in [5, 5.41) is 6.37. The van der Waals surface area contributed by atoms with Crippen molar-refractivity contribution in [2.24, 2.45) is 0 Å². The quantitative estimate of drug-likeness (QED) is 0.678. The topological polar surface area (TPSA) is 66.9 Å². The molecule has 0 atom stereocenters. The van der Waals surface area contributed by atoms with Crippen LogP contribution in [0.2, 0.25) is 10.0 Å². The van der Waals surface area contributed by atoms with Crippen molar-refractivity contribution < 1.29 is 9.18 Å². The lowest BCUT2D eigenvalue weighted by molar-refractivity contribution is 0.102. The normalized spacial score (nSPS) is 10.4. The van der Waals surface area contributed by atoms with Crippen LogP contribution in [0.1, 0.15) is 10.5 Å². The zero-order valence-electron chi connectivity index (χ0n) is 12.6. The number of aromatic nitrogens is 2. The van der Waals surface area contributed by atoms with E-state index in [1.165, 1.54) is 24.5 Å². The van der Waals surface area contributed by atoms with Crippen LogP contribution < -0.4 is 10.6 Å². The third-order valence-corrected chi connectivity index (χ3v) is 3.55. The number of hydrogen-bond donors (Lipinski definition) is 2. The van der Waals surface area contributed by atoms with Crippen LogP contribution in [-0.4, -0.2) is 15.9 Å². The first-order valence-electron chi connectivity index (χ1n) is 7.12. The summed E-state index contributed by atoms with van der Waals surface area (Å²) in [4.78, 5) is 20.3. The Balaban J connectivity index is 1.77. The van der Waals surface area contributed by atoms with Crippen molar-refractivity contribution >= 4 is 46.3 Å². The van der Waals surface area contributed by atoms with Gasteiger partial charge in [0.1, 0.15) is 23.7 Å². The Bertz CT molecular complexity index is 916. The highest BCUT2D eigenvalue weighted by molar-refractivity contribution is 6.35. The van der Waals surface area contributed by atoms with Gasteiger partial charge in [-0.3, -0.25) is 4.79 Å². The number of benzene rings is 2. The van der Waals surface area contributed by atoms with E-state index in [1.54, 1.807) is 30.3 Å². The molecular formula is C17H11Cl2FN4O. The molecule has 3 aromatic rings. The van der Waals surface area contributed by atoms with E-state index in [1.807, 2.05) is 0 Å². The standard InChI is InChI=1S/C17H11Cl2FN4O/c18-10-4-11(19)6-14(5-10)24-17(25)15-8-16(22-9-21-15)23-13-3-1-2-12(20)7-13/h1-9H,(H,24,25)(H,21,22,23). The molecule has 0 fully saturated rings. The van der Waals surface area contributed by atoms with Gasteiger partial charge in [0.15, 0.2) is 0 Å². The van der Waals surface area contributed by atoms with Crippen molar-refractivity contribution in [2.45, 2.75) is 0 Å². The van der Waals surface area contributed by atoms with Crippen molar-refractivity contribution in [3.8, 4) is 0 Å². The second kappa shape index (κ2) is 7.46. The van der Waals surface area contributed by atoms with Crippen molar-refractivity contribution in [3.05, 3.63) is 76.4 Å². The smallest absolute Gasteiger partial charge is 0.274 e. The van der Waals surface area contributed by atoms with Gasteiger partial charge in [0, 0.05) is 27.5 Å². The molecule has 1 heterocycles. The monoisotopic (exact) mass is 376 g/mol. The van der Waals surface area contributed by atoms with Gasteiger partial charge in [-0.15, -0.1) is 0 Å². The Kier molecular flexibility index (Phi) is 5.11. The minimum Gasteiger partial charge on any atom is -0.340 e. The SMILES string of the molecule is O=C(Nc1cc(Cl)cc(Cl)c1)c1cc(Nc2cccc(F)c2)ncn1. The Hall–Kier alpha value is -2.70. The van der Waals surface area contributed by atoms with E-state index in [0.29, 0.717) is 27.2 Å². The van der Waals surface area contributed by atoms with Gasteiger partial charge in [0.25, 0.3) is 5.91 Å². The van der Waals surface area contributed by atoms with Crippen LogP contribution in [-0.2, 0) is 0 Å². The van der Waals surface area contributed by atoms with E-state index < -0.39 is 5.91 Å². The maximum Gasteiger partial charge on any atom is 0.274 e. The molecule has 1 amide bonds. The molecule has 0 spiro atoms. The van der Waals surface area contributed by atoms with Crippen LogP contribution in [0.5, 0.6) is 0 Å². The lowest BCUT2D eigenvalue weighted by Crippen LogP contribution is -2.14. The molecule has 0 unspecified atom stereocenters. The molecule has 8 heteroatoms. The molecule has 5 nitrogen and oxygen atoms in total. The molecular weight excluding hydrogens is 366 g/mol. The predicted molar refractivity (Wildman–Crippen MR) is 96.1 cm³/mol. The van der Waals surface area contributed by atoms with Crippen molar-refractivity contribution in [1.82, 2.24) is 9.97 Å². The summed E-state index contributed by atoms with van der Waals surface area (Å²) in [6, 6.07) is 12.0. The van der Waals surface area contributed by atoms with E-state index in [2.05, 4.69) is 20.6 Å². The lowest BCUT2D eigenvalue weighted by atomic mass is 10.3. The molecule has 0 aliphatic heterocycles. The summed E-state index contributed by atoms with van der Waals surface area (Å²) in [6.45, 7) is 0. The van der Waals surface area contributed by atoms with Crippen molar-refractivity contribution in [2.75, 3.05) is 10.6 Å². The maximum absolute atomic E-state index is 13.2. The Morgan fingerprint density at radius 3 is 2.44 bits per heavy atom. The zero-order valence-corrected chi connectivity index (χ0v) is 14.1. The van der Waals surface area contributed by atoms with E-state index in [-0.39, 0.29) is 11.5 Å². The van der Waals surface area contributed by atoms with Crippen LogP contribution in [0.3, 0.4) is 0 Å². The number of halogens is 3. The van der Waals surface area contributed by atoms with Gasteiger partial charge in [0.2, 0.25) is 0 Å². The van der Waals surface area contributed by atoms with Crippen LogP contribution in [0.25, 0.3) is 0 Å². The molecule has 126 valence electrons. The molecule has 0 bridgehead atoms. The van der Waals surface area contributed by atoms with Crippen molar-refractivity contribution in [1.29, 1.82) is 0 Å². The van der Waals surface area contributed by atoms with Crippen LogP contribution in [0.4, 0.5) is 21.6 Å². The highest BCUT2D eigenvalue weighted by atomic mass is 35.5. The highest BCUT2D eigenvalue weighted by Crippen LogP contribution is 2.23. The fourth-order valence-electron chi connectivity index (χ4n) is 2.09. The maximum atomic E-state index is 13.2. The number of nitrogens with zero attached hydrogens (tertiary/aromatic N) is 2. The summed E-state index contributed by atoms with van der Waals surface area (Å²) < 4.78 is 13.2. The Morgan fingerprint density at radius 2 is 1.72 bits per heavy atom. The first-order valence-corrected chi connectivity index (χ1v) is 7.87. The number of carbonyl (C=O) groups excluding carboxylic acids is 1. The largest absolute Gasteiger partial charge is 0.340 e. The molecule has 25 heavy (non-hydrogen) atoms. The van der Waals surface area contributed by atoms with E-state index in [4.69, 9.17) is 23.2 Å². The Morgan fingerprint density at radius 1 is 0.960 bits per heavy atom. The van der Waals surface area contributed by atoms with Gasteiger partial charge < -0.3 is 10.6 Å². The molecule has 0 saturated carbocycles. The van der Waals surface area contributed by atoms with Gasteiger partial charge in [-0.2, -0.15) is 0 Å². The number of anilines is 3. The number of carbonyl (C=O) groups is 1. The molecule has 2 aromatic carbocycles. The third-order valence-electron chi connectivity index (χ3n) is 3.12. The van der Waals surface area contributed by atoms with Gasteiger partial charge in [-0.25, -0.2) is 14.4 Å². The van der Waals surface area contributed by atoms with E-state index in [0.717, 1.165) is 0 Å². The summed E-state index contributed by atoms with van der Waals surface area (Å²) in [6.07, 6.45) is 1.24. The number of rotatable bonds is 4. The fraction of sp³-hybridized carbons (Fsp3) is 0. The predicted octanol–water partition coefficient (Wildman–Crippen LogP) is 4.92. The first-order chi connectivity index (χ1) is 12.0. The molecule has 0 radical (unpaired) electrons. The van der Waals surface area contributed by atoms with Gasteiger partial charge in [-0.05, 0) is 36.4 Å². The van der Waals surface area contributed by atoms with Gasteiger partial charge in [0.05, 0.1) is 0 Å². The average molecular weight is 377 g/mol. The number of nitrogens with one attached hydrogen (secondary N) is 2. The minimum atomic E-state index is -0.456. The third kappa shape index (κ3) is 4.65. The van der Waals surface area contributed by atoms with E-state index in [9.17, 15) is 9.18 Å². The zero-order chi connectivity index (χ0) is 17.8. The summed E-state index contributed by atoms with van der Waals surface area (Å²) in [5.41, 5.74) is 1.08. The molecule has 0 aliphatic carbocycles. The second-order valence-electron chi connectivity index (χ2n) is 5.04. The summed E-state index contributed by atoms with van der Waals surface area (Å²) >= 11 is 11.8. The summed E-state index contributed by atoms with van der Waals surface area (Å²) in [7, 11) is 0.